The molecule has 0 bridgehead atoms. The maximum absolute atomic E-state index is 9.36. The average molecular weight is 201 g/mol. The van der Waals surface area contributed by atoms with Crippen LogP contribution in [0.25, 0.3) is 11.1 Å². The number of aromatic nitrogens is 3. The van der Waals surface area contributed by atoms with Crippen molar-refractivity contribution in [3.63, 3.8) is 0 Å². The van der Waals surface area contributed by atoms with Gasteiger partial charge in [0.05, 0.1) is 6.20 Å². The lowest BCUT2D eigenvalue weighted by atomic mass is 10.1. The molecule has 0 saturated carbocycles. The predicted octanol–water partition coefficient (Wildman–Crippen LogP) is 0.631. The predicted molar refractivity (Wildman–Crippen MR) is 52.6 cm³/mol. The van der Waals surface area contributed by atoms with E-state index in [0.717, 1.165) is 0 Å². The molecule has 0 unspecified atom stereocenters. The Morgan fingerprint density at radius 3 is 2.93 bits per heavy atom. The fourth-order valence-electron chi connectivity index (χ4n) is 1.20. The van der Waals surface area contributed by atoms with E-state index in [9.17, 15) is 5.11 Å². The summed E-state index contributed by atoms with van der Waals surface area (Å²) in [5.41, 5.74) is 6.86. The summed E-state index contributed by atoms with van der Waals surface area (Å²) in [6.45, 7) is 0. The minimum Gasteiger partial charge on any atom is -0.504 e. The van der Waals surface area contributed by atoms with E-state index >= 15 is 0 Å². The zero-order valence-corrected chi connectivity index (χ0v) is 7.60. The lowest BCUT2D eigenvalue weighted by molar-refractivity contribution is 0.476. The van der Waals surface area contributed by atoms with E-state index in [1.54, 1.807) is 0 Å². The van der Waals surface area contributed by atoms with Crippen molar-refractivity contribution in [2.24, 2.45) is 0 Å². The Morgan fingerprint density at radius 1 is 1.47 bits per heavy atom. The quantitative estimate of drug-likeness (QED) is 0.626. The van der Waals surface area contributed by atoms with Gasteiger partial charge in [-0.15, -0.1) is 0 Å². The number of nitrogens with zero attached hydrogens (tertiary/aromatic N) is 3. The van der Waals surface area contributed by atoms with Crippen LogP contribution in [0.1, 0.15) is 5.69 Å². The largest absolute Gasteiger partial charge is 0.504 e. The molecule has 0 fully saturated rings. The van der Waals surface area contributed by atoms with Crippen molar-refractivity contribution in [3.8, 4) is 22.9 Å². The summed E-state index contributed by atoms with van der Waals surface area (Å²) >= 11 is 0. The van der Waals surface area contributed by atoms with E-state index in [4.69, 9.17) is 11.0 Å². The smallest absolute Gasteiger partial charge is 0.165 e. The van der Waals surface area contributed by atoms with Gasteiger partial charge in [0.25, 0.3) is 0 Å². The standard InChI is InChI=1S/C9H7N5O/c10-2-7-6(4-13-14-7)5-1-8(15)9(11)12-3-5/h1,3-4,15H,(H2,11,12)(H,13,14). The van der Waals surface area contributed by atoms with Crippen LogP contribution in [-0.4, -0.2) is 20.3 Å². The number of nitrogens with one attached hydrogen (secondary N) is 1. The summed E-state index contributed by atoms with van der Waals surface area (Å²) in [5, 5.41) is 24.4. The number of nitrogens with two attached hydrogens (primary N) is 1. The minimum atomic E-state index is -0.113. The molecule has 6 nitrogen and oxygen atoms in total. The first-order valence-electron chi connectivity index (χ1n) is 4.10. The Kier molecular flexibility index (Phi) is 1.99. The van der Waals surface area contributed by atoms with E-state index in [2.05, 4.69) is 15.2 Å². The molecule has 4 N–H and O–H groups in total. The van der Waals surface area contributed by atoms with Gasteiger partial charge in [0.2, 0.25) is 0 Å². The van der Waals surface area contributed by atoms with Crippen LogP contribution in [0.15, 0.2) is 18.5 Å². The van der Waals surface area contributed by atoms with Crippen molar-refractivity contribution in [3.05, 3.63) is 24.2 Å². The molecule has 0 spiro atoms. The molecular weight excluding hydrogens is 194 g/mol. The number of H-pyrrole nitrogens is 1. The molecule has 2 aromatic rings. The van der Waals surface area contributed by atoms with Gasteiger partial charge >= 0.3 is 0 Å². The van der Waals surface area contributed by atoms with Crippen LogP contribution in [0.3, 0.4) is 0 Å². The lowest BCUT2D eigenvalue weighted by Crippen LogP contribution is -1.91. The summed E-state index contributed by atoms with van der Waals surface area (Å²) in [6, 6.07) is 3.39. The topological polar surface area (TPSA) is 112 Å². The van der Waals surface area contributed by atoms with E-state index in [-0.39, 0.29) is 11.6 Å². The highest BCUT2D eigenvalue weighted by Crippen LogP contribution is 2.26. The number of aromatic hydroxyl groups is 1. The van der Waals surface area contributed by atoms with Crippen molar-refractivity contribution in [1.29, 1.82) is 5.26 Å². The van der Waals surface area contributed by atoms with Gasteiger partial charge in [-0.3, -0.25) is 5.10 Å². The first-order valence-corrected chi connectivity index (χ1v) is 4.10. The SMILES string of the molecule is N#Cc1[nH]ncc1-c1cnc(N)c(O)c1. The fourth-order valence-corrected chi connectivity index (χ4v) is 1.20. The fraction of sp³-hybridized carbons (Fsp3) is 0. The van der Waals surface area contributed by atoms with Gasteiger partial charge in [0, 0.05) is 17.3 Å². The highest BCUT2D eigenvalue weighted by atomic mass is 16.3. The number of nitriles is 1. The molecule has 0 aromatic carbocycles. The third kappa shape index (κ3) is 1.46. The van der Waals surface area contributed by atoms with Gasteiger partial charge in [0.1, 0.15) is 11.8 Å². The maximum Gasteiger partial charge on any atom is 0.165 e. The van der Waals surface area contributed by atoms with E-state index in [0.29, 0.717) is 16.8 Å². The van der Waals surface area contributed by atoms with Crippen molar-refractivity contribution >= 4 is 5.82 Å². The van der Waals surface area contributed by atoms with Crippen LogP contribution >= 0.6 is 0 Å². The highest BCUT2D eigenvalue weighted by Gasteiger charge is 2.09. The zero-order valence-electron chi connectivity index (χ0n) is 7.60. The summed E-state index contributed by atoms with van der Waals surface area (Å²) in [6.07, 6.45) is 2.96. The number of rotatable bonds is 1. The molecule has 0 aliphatic heterocycles. The molecule has 15 heavy (non-hydrogen) atoms. The molecule has 2 rings (SSSR count). The van der Waals surface area contributed by atoms with Gasteiger partial charge < -0.3 is 10.8 Å². The van der Waals surface area contributed by atoms with Gasteiger partial charge in [-0.1, -0.05) is 0 Å². The van der Waals surface area contributed by atoms with Crippen molar-refractivity contribution in [2.45, 2.75) is 0 Å². The van der Waals surface area contributed by atoms with Crippen LogP contribution in [0.5, 0.6) is 5.75 Å². The first-order chi connectivity index (χ1) is 7.22. The molecule has 0 amide bonds. The highest BCUT2D eigenvalue weighted by molar-refractivity contribution is 5.70. The van der Waals surface area contributed by atoms with Gasteiger partial charge in [-0.2, -0.15) is 10.4 Å². The molecule has 2 heterocycles. The zero-order chi connectivity index (χ0) is 10.8. The van der Waals surface area contributed by atoms with Crippen molar-refractivity contribution < 1.29 is 5.11 Å². The molecule has 2 aromatic heterocycles. The van der Waals surface area contributed by atoms with Crippen LogP contribution in [-0.2, 0) is 0 Å². The van der Waals surface area contributed by atoms with Crippen LogP contribution in [0, 0.1) is 11.3 Å². The number of aromatic amines is 1. The van der Waals surface area contributed by atoms with E-state index in [1.165, 1.54) is 18.5 Å². The van der Waals surface area contributed by atoms with Crippen LogP contribution < -0.4 is 5.73 Å². The second-order valence-corrected chi connectivity index (χ2v) is 2.90. The molecular formula is C9H7N5O. The second-order valence-electron chi connectivity index (χ2n) is 2.90. The van der Waals surface area contributed by atoms with Gasteiger partial charge in [0.15, 0.2) is 11.6 Å². The maximum atomic E-state index is 9.36. The summed E-state index contributed by atoms with van der Waals surface area (Å²) < 4.78 is 0. The minimum absolute atomic E-state index is 0.0563. The van der Waals surface area contributed by atoms with Crippen LogP contribution in [0.2, 0.25) is 0 Å². The monoisotopic (exact) mass is 201 g/mol. The Morgan fingerprint density at radius 2 is 2.27 bits per heavy atom. The van der Waals surface area contributed by atoms with Gasteiger partial charge in [-0.25, -0.2) is 4.98 Å². The first kappa shape index (κ1) is 9.02. The number of nitrogen functional groups attached to an aromatic ring is 1. The normalized spacial score (nSPS) is 9.80. The molecule has 6 heteroatoms. The number of pyridine rings is 1. The molecule has 0 atom stereocenters. The third-order valence-electron chi connectivity index (χ3n) is 1.96. The summed E-state index contributed by atoms with van der Waals surface area (Å²) in [5.74, 6) is -0.0571. The van der Waals surface area contributed by atoms with Crippen LogP contribution in [0.4, 0.5) is 5.82 Å². The van der Waals surface area contributed by atoms with E-state index in [1.807, 2.05) is 6.07 Å². The summed E-state index contributed by atoms with van der Waals surface area (Å²) in [4.78, 5) is 3.79. The number of anilines is 1. The summed E-state index contributed by atoms with van der Waals surface area (Å²) in [7, 11) is 0. The Hall–Kier alpha value is -2.55. The second kappa shape index (κ2) is 3.31. The molecule has 0 aliphatic rings. The van der Waals surface area contributed by atoms with E-state index < -0.39 is 0 Å². The Balaban J connectivity index is 2.56. The van der Waals surface area contributed by atoms with Crippen molar-refractivity contribution in [2.75, 3.05) is 5.73 Å². The molecule has 0 saturated heterocycles. The molecule has 74 valence electrons. The Bertz CT molecular complexity index is 540. The van der Waals surface area contributed by atoms with Crippen molar-refractivity contribution in [1.82, 2.24) is 15.2 Å². The molecule has 0 radical (unpaired) electrons. The lowest BCUT2D eigenvalue weighted by Gasteiger charge is -2.00. The third-order valence-corrected chi connectivity index (χ3v) is 1.96. The molecule has 0 aliphatic carbocycles. The average Bonchev–Trinajstić information content (AvgIpc) is 2.70. The number of hydrogen-bond acceptors (Lipinski definition) is 5. The van der Waals surface area contributed by atoms with Gasteiger partial charge in [-0.05, 0) is 6.07 Å². The number of hydrogen-bond donors (Lipinski definition) is 3. The Labute approximate surface area is 85.0 Å².